The number of halogens is 1. The lowest BCUT2D eigenvalue weighted by molar-refractivity contribution is 0.0689. The third-order valence-electron chi connectivity index (χ3n) is 2.62. The lowest BCUT2D eigenvalue weighted by Gasteiger charge is -2.24. The Morgan fingerprint density at radius 2 is 1.93 bits per heavy atom. The highest BCUT2D eigenvalue weighted by Crippen LogP contribution is 2.27. The van der Waals surface area contributed by atoms with Crippen molar-refractivity contribution in [3.63, 3.8) is 0 Å². The molecule has 0 radical (unpaired) electrons. The van der Waals surface area contributed by atoms with Crippen LogP contribution in [-0.2, 0) is 13.5 Å². The topological polar surface area (TPSA) is 58.3 Å². The molecular formula is C10H17ClN2O2. The summed E-state index contributed by atoms with van der Waals surface area (Å²) in [5.41, 5.74) is 1.07. The first-order chi connectivity index (χ1) is 6.93. The molecule has 0 atom stereocenters. The van der Waals surface area contributed by atoms with E-state index in [4.69, 9.17) is 11.6 Å². The van der Waals surface area contributed by atoms with Gasteiger partial charge in [-0.15, -0.1) is 0 Å². The van der Waals surface area contributed by atoms with Crippen molar-refractivity contribution >= 4 is 11.6 Å². The van der Waals surface area contributed by atoms with Gasteiger partial charge < -0.3 is 10.2 Å². The van der Waals surface area contributed by atoms with Crippen molar-refractivity contribution in [1.82, 2.24) is 9.78 Å². The van der Waals surface area contributed by atoms with E-state index in [2.05, 4.69) is 5.10 Å². The Hall–Kier alpha value is -0.580. The second-order valence-corrected chi connectivity index (χ2v) is 4.65. The molecule has 4 nitrogen and oxygen atoms in total. The molecule has 0 saturated carbocycles. The second-order valence-electron chi connectivity index (χ2n) is 4.27. The molecule has 1 heterocycles. The van der Waals surface area contributed by atoms with Crippen molar-refractivity contribution < 1.29 is 10.2 Å². The van der Waals surface area contributed by atoms with E-state index < -0.39 is 5.41 Å². The van der Waals surface area contributed by atoms with Gasteiger partial charge in [0.05, 0.1) is 29.6 Å². The summed E-state index contributed by atoms with van der Waals surface area (Å²) >= 11 is 6.09. The summed E-state index contributed by atoms with van der Waals surface area (Å²) in [6.45, 7) is 3.49. The largest absolute Gasteiger partial charge is 0.396 e. The number of rotatable bonds is 4. The molecule has 0 fully saturated rings. The Kier molecular flexibility index (Phi) is 3.76. The molecule has 0 unspecified atom stereocenters. The van der Waals surface area contributed by atoms with E-state index in [1.807, 2.05) is 20.9 Å². The monoisotopic (exact) mass is 232 g/mol. The average Bonchev–Trinajstić information content (AvgIpc) is 2.45. The number of hydrogen-bond acceptors (Lipinski definition) is 3. The maximum atomic E-state index is 9.20. The molecule has 0 aliphatic heterocycles. The maximum Gasteiger partial charge on any atom is 0.0847 e. The fraction of sp³-hybridized carbons (Fsp3) is 0.700. The van der Waals surface area contributed by atoms with Gasteiger partial charge in [-0.05, 0) is 6.92 Å². The van der Waals surface area contributed by atoms with Gasteiger partial charge in [0.2, 0.25) is 0 Å². The summed E-state index contributed by atoms with van der Waals surface area (Å²) in [7, 11) is 1.81. The SMILES string of the molecule is Cc1nn(C)c(CC(C)(CO)CO)c1Cl. The first kappa shape index (κ1) is 12.5. The number of hydrogen-bond donors (Lipinski definition) is 2. The van der Waals surface area contributed by atoms with Crippen molar-refractivity contribution in [3.05, 3.63) is 16.4 Å². The summed E-state index contributed by atoms with van der Waals surface area (Å²) in [6, 6.07) is 0. The van der Waals surface area contributed by atoms with E-state index in [1.165, 1.54) is 0 Å². The predicted molar refractivity (Wildman–Crippen MR) is 58.9 cm³/mol. The van der Waals surface area contributed by atoms with Crippen LogP contribution < -0.4 is 0 Å². The van der Waals surface area contributed by atoms with E-state index in [0.29, 0.717) is 11.4 Å². The molecular weight excluding hydrogens is 216 g/mol. The zero-order valence-electron chi connectivity index (χ0n) is 9.29. The van der Waals surface area contributed by atoms with Crippen LogP contribution in [0.1, 0.15) is 18.3 Å². The van der Waals surface area contributed by atoms with Crippen LogP contribution in [0, 0.1) is 12.3 Å². The van der Waals surface area contributed by atoms with Crippen LogP contribution >= 0.6 is 11.6 Å². The Labute approximate surface area is 94.5 Å². The lowest BCUT2D eigenvalue weighted by atomic mass is 9.87. The molecule has 0 aliphatic carbocycles. The Morgan fingerprint density at radius 1 is 1.40 bits per heavy atom. The van der Waals surface area contributed by atoms with E-state index in [1.54, 1.807) is 4.68 Å². The van der Waals surface area contributed by atoms with Gasteiger partial charge in [-0.1, -0.05) is 18.5 Å². The van der Waals surface area contributed by atoms with E-state index >= 15 is 0 Å². The third-order valence-corrected chi connectivity index (χ3v) is 3.11. The minimum atomic E-state index is -0.552. The molecule has 2 N–H and O–H groups in total. The number of aryl methyl sites for hydroxylation is 2. The number of aliphatic hydroxyl groups is 2. The second kappa shape index (κ2) is 4.51. The van der Waals surface area contributed by atoms with Crippen molar-refractivity contribution in [2.24, 2.45) is 12.5 Å². The molecule has 1 aromatic heterocycles. The average molecular weight is 233 g/mol. The molecule has 1 aromatic rings. The van der Waals surface area contributed by atoms with Crippen LogP contribution in [0.25, 0.3) is 0 Å². The fourth-order valence-electron chi connectivity index (χ4n) is 1.44. The Bertz CT molecular complexity index is 345. The van der Waals surface area contributed by atoms with Gasteiger partial charge in [0.25, 0.3) is 0 Å². The van der Waals surface area contributed by atoms with E-state index in [9.17, 15) is 10.2 Å². The highest BCUT2D eigenvalue weighted by Gasteiger charge is 2.26. The van der Waals surface area contributed by atoms with Crippen molar-refractivity contribution in [1.29, 1.82) is 0 Å². The minimum absolute atomic E-state index is 0.0793. The van der Waals surface area contributed by atoms with Gasteiger partial charge in [-0.3, -0.25) is 4.68 Å². The first-order valence-corrected chi connectivity index (χ1v) is 5.21. The van der Waals surface area contributed by atoms with Gasteiger partial charge in [0.1, 0.15) is 0 Å². The molecule has 5 heteroatoms. The number of aromatic nitrogens is 2. The van der Waals surface area contributed by atoms with Gasteiger partial charge in [0, 0.05) is 18.9 Å². The molecule has 0 saturated heterocycles. The maximum absolute atomic E-state index is 9.20. The van der Waals surface area contributed by atoms with Crippen LogP contribution in [0.5, 0.6) is 0 Å². The van der Waals surface area contributed by atoms with Crippen molar-refractivity contribution in [3.8, 4) is 0 Å². The molecule has 0 amide bonds. The summed E-state index contributed by atoms with van der Waals surface area (Å²) in [4.78, 5) is 0. The van der Waals surface area contributed by atoms with E-state index in [-0.39, 0.29) is 13.2 Å². The summed E-state index contributed by atoms with van der Waals surface area (Å²) < 4.78 is 1.70. The summed E-state index contributed by atoms with van der Waals surface area (Å²) in [5.74, 6) is 0. The first-order valence-electron chi connectivity index (χ1n) is 4.83. The molecule has 86 valence electrons. The zero-order valence-corrected chi connectivity index (χ0v) is 10.0. The van der Waals surface area contributed by atoms with Crippen LogP contribution in [0.2, 0.25) is 5.02 Å². The van der Waals surface area contributed by atoms with Gasteiger partial charge in [-0.25, -0.2) is 0 Å². The molecule has 0 aromatic carbocycles. The molecule has 0 spiro atoms. The minimum Gasteiger partial charge on any atom is -0.396 e. The Morgan fingerprint density at radius 3 is 2.27 bits per heavy atom. The van der Waals surface area contributed by atoms with Gasteiger partial charge in [0.15, 0.2) is 0 Å². The van der Waals surface area contributed by atoms with Crippen LogP contribution in [-0.4, -0.2) is 33.2 Å². The summed E-state index contributed by atoms with van der Waals surface area (Å²) in [6.07, 6.45) is 0.510. The quantitative estimate of drug-likeness (QED) is 0.812. The predicted octanol–water partition coefficient (Wildman–Crippen LogP) is 0.915. The summed E-state index contributed by atoms with van der Waals surface area (Å²) in [5, 5.41) is 23.2. The third kappa shape index (κ3) is 2.51. The van der Waals surface area contributed by atoms with Gasteiger partial charge >= 0.3 is 0 Å². The Balaban J connectivity index is 2.98. The standard InChI is InChI=1S/C10H17ClN2O2/c1-7-9(11)8(13(3)12-7)4-10(2,5-14)6-15/h14-15H,4-6H2,1-3H3. The highest BCUT2D eigenvalue weighted by molar-refractivity contribution is 6.31. The zero-order chi connectivity index (χ0) is 11.6. The molecule has 0 bridgehead atoms. The fourth-order valence-corrected chi connectivity index (χ4v) is 1.67. The normalized spacial score (nSPS) is 12.1. The van der Waals surface area contributed by atoms with Crippen LogP contribution in [0.15, 0.2) is 0 Å². The number of aliphatic hydroxyl groups excluding tert-OH is 2. The molecule has 0 aliphatic rings. The molecule has 1 rings (SSSR count). The lowest BCUT2D eigenvalue weighted by Crippen LogP contribution is -2.29. The smallest absolute Gasteiger partial charge is 0.0847 e. The van der Waals surface area contributed by atoms with Crippen LogP contribution in [0.4, 0.5) is 0 Å². The number of nitrogens with zero attached hydrogens (tertiary/aromatic N) is 2. The van der Waals surface area contributed by atoms with Crippen molar-refractivity contribution in [2.45, 2.75) is 20.3 Å². The van der Waals surface area contributed by atoms with Crippen molar-refractivity contribution in [2.75, 3.05) is 13.2 Å². The molecule has 15 heavy (non-hydrogen) atoms. The van der Waals surface area contributed by atoms with Crippen LogP contribution in [0.3, 0.4) is 0 Å². The van der Waals surface area contributed by atoms with Gasteiger partial charge in [-0.2, -0.15) is 5.10 Å². The highest BCUT2D eigenvalue weighted by atomic mass is 35.5. The van der Waals surface area contributed by atoms with E-state index in [0.717, 1.165) is 11.4 Å².